The molecule has 2 heterocycles. The van der Waals surface area contributed by atoms with Crippen LogP contribution in [0.3, 0.4) is 0 Å². The lowest BCUT2D eigenvalue weighted by Crippen LogP contribution is -2.39. The average molecular weight is 347 g/mol. The Bertz CT molecular complexity index is 656. The molecule has 0 radical (unpaired) electrons. The van der Waals surface area contributed by atoms with Crippen molar-refractivity contribution in [3.8, 4) is 0 Å². The molecule has 0 saturated carbocycles. The van der Waals surface area contributed by atoms with Crippen LogP contribution in [-0.4, -0.2) is 42.2 Å². The van der Waals surface area contributed by atoms with Crippen LogP contribution in [0.25, 0.3) is 0 Å². The van der Waals surface area contributed by atoms with Crippen LogP contribution in [0.5, 0.6) is 0 Å². The Morgan fingerprint density at radius 1 is 1.42 bits per heavy atom. The van der Waals surface area contributed by atoms with Crippen molar-refractivity contribution in [1.29, 1.82) is 0 Å². The second kappa shape index (κ2) is 7.72. The number of nitrogens with zero attached hydrogens (tertiary/aromatic N) is 1. The Morgan fingerprint density at radius 2 is 2.25 bits per heavy atom. The van der Waals surface area contributed by atoms with Gasteiger partial charge in [-0.25, -0.2) is 4.79 Å². The van der Waals surface area contributed by atoms with E-state index in [-0.39, 0.29) is 18.2 Å². The number of nitrogens with one attached hydrogen (secondary N) is 2. The summed E-state index contributed by atoms with van der Waals surface area (Å²) in [6, 6.07) is 7.48. The summed E-state index contributed by atoms with van der Waals surface area (Å²) in [5.41, 5.74) is 5.09. The van der Waals surface area contributed by atoms with Crippen LogP contribution in [0.4, 0.5) is 0 Å². The summed E-state index contributed by atoms with van der Waals surface area (Å²) in [6.45, 7) is 3.31. The van der Waals surface area contributed by atoms with E-state index >= 15 is 0 Å². The lowest BCUT2D eigenvalue weighted by atomic mass is 9.97. The Kier molecular flexibility index (Phi) is 5.42. The van der Waals surface area contributed by atoms with Gasteiger partial charge in [0.15, 0.2) is 5.11 Å². The number of hydrogen-bond donors (Lipinski definition) is 2. The van der Waals surface area contributed by atoms with Crippen LogP contribution in [-0.2, 0) is 15.9 Å². The maximum atomic E-state index is 12.0. The molecule has 2 atom stereocenters. The molecule has 2 aliphatic rings. The lowest BCUT2D eigenvalue weighted by molar-refractivity contribution is 0.0389. The van der Waals surface area contributed by atoms with Crippen LogP contribution in [0.2, 0.25) is 0 Å². The molecule has 2 N–H and O–H groups in total. The van der Waals surface area contributed by atoms with Crippen molar-refractivity contribution in [2.24, 2.45) is 5.10 Å². The fraction of sp³-hybridized carbons (Fsp3) is 0.471. The van der Waals surface area contributed by atoms with Gasteiger partial charge in [-0.1, -0.05) is 18.2 Å². The third-order valence-electron chi connectivity index (χ3n) is 4.21. The van der Waals surface area contributed by atoms with Crippen molar-refractivity contribution in [3.63, 3.8) is 0 Å². The highest BCUT2D eigenvalue weighted by molar-refractivity contribution is 7.80. The molecule has 1 aromatic rings. The molecular weight excluding hydrogens is 326 g/mol. The van der Waals surface area contributed by atoms with E-state index < -0.39 is 0 Å². The van der Waals surface area contributed by atoms with E-state index in [0.717, 1.165) is 25.0 Å². The van der Waals surface area contributed by atoms with Gasteiger partial charge in [0, 0.05) is 19.6 Å². The second-order valence-corrected chi connectivity index (χ2v) is 6.37. The SMILES string of the molecule is CC(=NNC(=S)NC[C@@H]1CCCO1)[C@H]1Cc2ccccc2C(=O)O1. The predicted molar refractivity (Wildman–Crippen MR) is 95.2 cm³/mol. The first-order valence-corrected chi connectivity index (χ1v) is 8.53. The summed E-state index contributed by atoms with van der Waals surface area (Å²) in [6.07, 6.45) is 2.61. The molecule has 1 saturated heterocycles. The second-order valence-electron chi connectivity index (χ2n) is 5.97. The molecule has 0 aliphatic carbocycles. The first-order chi connectivity index (χ1) is 11.6. The molecule has 24 heavy (non-hydrogen) atoms. The molecule has 1 aromatic carbocycles. The maximum Gasteiger partial charge on any atom is 0.339 e. The van der Waals surface area contributed by atoms with Crippen molar-refractivity contribution >= 4 is 29.0 Å². The molecule has 128 valence electrons. The Balaban J connectivity index is 1.52. The number of hydrazone groups is 1. The molecular formula is C17H21N3O3S. The number of fused-ring (bicyclic) bond motifs is 1. The van der Waals surface area contributed by atoms with Crippen molar-refractivity contribution in [1.82, 2.24) is 10.7 Å². The molecule has 0 amide bonds. The standard InChI is InChI=1S/C17H21N3O3S/c1-11(19-20-17(24)18-10-13-6-4-8-22-13)15-9-12-5-2-3-7-14(12)16(21)23-15/h2-3,5,7,13,15H,4,6,8-10H2,1H3,(H2,18,20,24)/t13-,15+/m0/s1. The summed E-state index contributed by atoms with van der Waals surface area (Å²) in [4.78, 5) is 12.0. The highest BCUT2D eigenvalue weighted by Gasteiger charge is 2.27. The smallest absolute Gasteiger partial charge is 0.339 e. The van der Waals surface area contributed by atoms with E-state index in [2.05, 4.69) is 15.8 Å². The number of carbonyl (C=O) groups is 1. The third-order valence-corrected chi connectivity index (χ3v) is 4.44. The van der Waals surface area contributed by atoms with Crippen molar-refractivity contribution < 1.29 is 14.3 Å². The molecule has 0 aromatic heterocycles. The van der Waals surface area contributed by atoms with Gasteiger partial charge in [0.25, 0.3) is 0 Å². The monoisotopic (exact) mass is 347 g/mol. The summed E-state index contributed by atoms with van der Waals surface area (Å²) in [5, 5.41) is 7.77. The normalized spacial score (nSPS) is 23.4. The minimum atomic E-state index is -0.374. The van der Waals surface area contributed by atoms with E-state index in [0.29, 0.717) is 29.4 Å². The highest BCUT2D eigenvalue weighted by Crippen LogP contribution is 2.21. The first-order valence-electron chi connectivity index (χ1n) is 8.12. The van der Waals surface area contributed by atoms with Crippen molar-refractivity contribution in [2.75, 3.05) is 13.2 Å². The number of carbonyl (C=O) groups excluding carboxylic acids is 1. The number of ether oxygens (including phenoxy) is 2. The van der Waals surface area contributed by atoms with Crippen molar-refractivity contribution in [2.45, 2.75) is 38.4 Å². The first kappa shape index (κ1) is 16.9. The largest absolute Gasteiger partial charge is 0.452 e. The molecule has 0 spiro atoms. The number of esters is 1. The Hall–Kier alpha value is -1.99. The molecule has 6 nitrogen and oxygen atoms in total. The summed E-state index contributed by atoms with van der Waals surface area (Å²) in [7, 11) is 0. The van der Waals surface area contributed by atoms with Crippen LogP contribution in [0, 0.1) is 0 Å². The maximum absolute atomic E-state index is 12.0. The summed E-state index contributed by atoms with van der Waals surface area (Å²) >= 11 is 5.20. The average Bonchev–Trinajstić information content (AvgIpc) is 3.11. The fourth-order valence-electron chi connectivity index (χ4n) is 2.83. The minimum absolute atomic E-state index is 0.214. The topological polar surface area (TPSA) is 72.0 Å². The molecule has 7 heteroatoms. The highest BCUT2D eigenvalue weighted by atomic mass is 32.1. The quantitative estimate of drug-likeness (QED) is 0.374. The molecule has 3 rings (SSSR count). The fourth-order valence-corrected chi connectivity index (χ4v) is 2.96. The van der Waals surface area contributed by atoms with Gasteiger partial charge in [0.05, 0.1) is 17.4 Å². The van der Waals surface area contributed by atoms with Crippen LogP contribution in [0.1, 0.15) is 35.7 Å². The number of rotatable bonds is 4. The van der Waals surface area contributed by atoms with Crippen molar-refractivity contribution in [3.05, 3.63) is 35.4 Å². The number of cyclic esters (lactones) is 1. The Morgan fingerprint density at radius 3 is 3.04 bits per heavy atom. The van der Waals surface area contributed by atoms with Crippen LogP contribution < -0.4 is 10.7 Å². The van der Waals surface area contributed by atoms with E-state index in [1.807, 2.05) is 25.1 Å². The molecule has 0 bridgehead atoms. The van der Waals surface area contributed by atoms with Crippen LogP contribution >= 0.6 is 12.2 Å². The zero-order valence-corrected chi connectivity index (χ0v) is 14.4. The molecule has 0 unspecified atom stereocenters. The van der Waals surface area contributed by atoms with E-state index in [1.165, 1.54) is 0 Å². The van der Waals surface area contributed by atoms with E-state index in [1.54, 1.807) is 6.07 Å². The zero-order chi connectivity index (χ0) is 16.9. The summed E-state index contributed by atoms with van der Waals surface area (Å²) < 4.78 is 11.0. The third kappa shape index (κ3) is 4.10. The van der Waals surface area contributed by atoms with Gasteiger partial charge in [-0.05, 0) is 43.6 Å². The minimum Gasteiger partial charge on any atom is -0.452 e. The van der Waals surface area contributed by atoms with Gasteiger partial charge >= 0.3 is 5.97 Å². The molecule has 2 aliphatic heterocycles. The van der Waals surface area contributed by atoms with Gasteiger partial charge in [0.2, 0.25) is 0 Å². The van der Waals surface area contributed by atoms with Gasteiger partial charge in [0.1, 0.15) is 6.10 Å². The number of hydrogen-bond acceptors (Lipinski definition) is 5. The van der Waals surface area contributed by atoms with Crippen LogP contribution in [0.15, 0.2) is 29.4 Å². The predicted octanol–water partition coefficient (Wildman–Crippen LogP) is 1.79. The lowest BCUT2D eigenvalue weighted by Gasteiger charge is -2.24. The zero-order valence-electron chi connectivity index (χ0n) is 13.6. The van der Waals surface area contributed by atoms with Gasteiger partial charge < -0.3 is 14.8 Å². The molecule has 1 fully saturated rings. The van der Waals surface area contributed by atoms with Gasteiger partial charge in [-0.3, -0.25) is 5.43 Å². The van der Waals surface area contributed by atoms with Gasteiger partial charge in [-0.2, -0.15) is 5.10 Å². The number of benzene rings is 1. The van der Waals surface area contributed by atoms with Gasteiger partial charge in [-0.15, -0.1) is 0 Å². The van der Waals surface area contributed by atoms with E-state index in [4.69, 9.17) is 21.7 Å². The number of thiocarbonyl (C=S) groups is 1. The van der Waals surface area contributed by atoms with E-state index in [9.17, 15) is 4.79 Å². The summed E-state index contributed by atoms with van der Waals surface area (Å²) in [5.74, 6) is -0.310. The Labute approximate surface area is 146 Å².